The summed E-state index contributed by atoms with van der Waals surface area (Å²) in [6, 6.07) is 7.51. The van der Waals surface area contributed by atoms with Crippen LogP contribution in [0.1, 0.15) is 42.8 Å². The molecule has 0 amide bonds. The first kappa shape index (κ1) is 28.2. The zero-order chi connectivity index (χ0) is 28.1. The van der Waals surface area contributed by atoms with E-state index in [1.807, 2.05) is 12.1 Å². The number of piperazine rings is 1. The van der Waals surface area contributed by atoms with Crippen LogP contribution in [0.3, 0.4) is 0 Å². The number of aromatic nitrogens is 2. The van der Waals surface area contributed by atoms with Gasteiger partial charge in [0.05, 0.1) is 11.9 Å². The second-order valence-corrected chi connectivity index (χ2v) is 10.9. The van der Waals surface area contributed by atoms with E-state index in [4.69, 9.17) is 5.73 Å². The molecule has 4 rings (SSSR count). The molecule has 1 fully saturated rings. The number of hydrogen-bond acceptors (Lipinski definition) is 5. The molecule has 0 atom stereocenters. The Morgan fingerprint density at radius 1 is 1.21 bits per heavy atom. The highest BCUT2D eigenvalue weighted by Gasteiger charge is 2.21. The minimum atomic E-state index is -0.329. The lowest BCUT2D eigenvalue weighted by Crippen LogP contribution is -2.43. The first-order chi connectivity index (χ1) is 18.7. The first-order valence-electron chi connectivity index (χ1n) is 13.6. The highest BCUT2D eigenvalue weighted by molar-refractivity contribution is 5.72. The number of nitrogens with one attached hydrogen (secondary N) is 2. The number of allylic oxidation sites excluding steroid dienone is 3. The van der Waals surface area contributed by atoms with Crippen molar-refractivity contribution in [3.8, 4) is 11.1 Å². The molecule has 0 radical (unpaired) electrons. The number of aryl methyl sites for hydroxylation is 1. The van der Waals surface area contributed by atoms with Crippen LogP contribution in [-0.4, -0.2) is 53.0 Å². The number of H-pyrrole nitrogens is 1. The first-order valence-corrected chi connectivity index (χ1v) is 13.6. The molecule has 0 aliphatic carbocycles. The van der Waals surface area contributed by atoms with Crippen molar-refractivity contribution in [2.24, 2.45) is 5.92 Å². The molecular formula is C32H41FN6. The van der Waals surface area contributed by atoms with Crippen LogP contribution >= 0.6 is 0 Å². The minimum absolute atomic E-state index is 0.329. The molecule has 4 N–H and O–H groups in total. The van der Waals surface area contributed by atoms with Crippen molar-refractivity contribution in [1.29, 1.82) is 0 Å². The summed E-state index contributed by atoms with van der Waals surface area (Å²) in [6.07, 6.45) is 8.49. The SMILES string of the molecule is C=C/C=C(\c1cc(Cc2c(N)ccc(-c3cncc(NC(=C)CC(C)C)c3)c2F)[nH]c1C)N1CCN(C)CC1. The van der Waals surface area contributed by atoms with Gasteiger partial charge in [-0.25, -0.2) is 4.39 Å². The second kappa shape index (κ2) is 12.3. The van der Waals surface area contributed by atoms with E-state index in [0.717, 1.165) is 66.6 Å². The van der Waals surface area contributed by atoms with Gasteiger partial charge in [0.1, 0.15) is 5.82 Å². The molecule has 1 aromatic carbocycles. The van der Waals surface area contributed by atoms with Crippen LogP contribution in [0.15, 0.2) is 67.7 Å². The van der Waals surface area contributed by atoms with E-state index in [0.29, 0.717) is 34.7 Å². The van der Waals surface area contributed by atoms with Gasteiger partial charge in [0.25, 0.3) is 0 Å². The van der Waals surface area contributed by atoms with Crippen LogP contribution in [0, 0.1) is 18.7 Å². The van der Waals surface area contributed by atoms with E-state index in [-0.39, 0.29) is 5.82 Å². The maximum atomic E-state index is 16.0. The number of anilines is 2. The molecular weight excluding hydrogens is 487 g/mol. The normalized spacial score (nSPS) is 14.6. The van der Waals surface area contributed by atoms with Gasteiger partial charge in [-0.05, 0) is 56.7 Å². The predicted molar refractivity (Wildman–Crippen MR) is 162 cm³/mol. The lowest BCUT2D eigenvalue weighted by molar-refractivity contribution is 0.207. The van der Waals surface area contributed by atoms with Crippen molar-refractivity contribution in [3.05, 3.63) is 96.0 Å². The van der Waals surface area contributed by atoms with E-state index in [1.54, 1.807) is 24.5 Å². The minimum Gasteiger partial charge on any atom is -0.398 e. The summed E-state index contributed by atoms with van der Waals surface area (Å²) in [4.78, 5) is 12.5. The third kappa shape index (κ3) is 6.79. The third-order valence-electron chi connectivity index (χ3n) is 7.14. The van der Waals surface area contributed by atoms with Crippen molar-refractivity contribution in [1.82, 2.24) is 19.8 Å². The van der Waals surface area contributed by atoms with Gasteiger partial charge in [-0.2, -0.15) is 0 Å². The summed E-state index contributed by atoms with van der Waals surface area (Å²) in [7, 11) is 2.15. The van der Waals surface area contributed by atoms with Crippen molar-refractivity contribution in [2.45, 2.75) is 33.6 Å². The van der Waals surface area contributed by atoms with Crippen molar-refractivity contribution < 1.29 is 4.39 Å². The molecule has 3 aromatic rings. The van der Waals surface area contributed by atoms with Crippen LogP contribution in [0.4, 0.5) is 15.8 Å². The molecule has 39 heavy (non-hydrogen) atoms. The number of benzene rings is 1. The topological polar surface area (TPSA) is 73.2 Å². The average molecular weight is 529 g/mol. The number of likely N-dealkylation sites (N-methyl/N-ethyl adjacent to an activating group) is 1. The maximum Gasteiger partial charge on any atom is 0.136 e. The Bertz CT molecular complexity index is 1360. The van der Waals surface area contributed by atoms with Gasteiger partial charge in [-0.1, -0.05) is 33.1 Å². The highest BCUT2D eigenvalue weighted by Crippen LogP contribution is 2.32. The van der Waals surface area contributed by atoms with Crippen molar-refractivity contribution in [3.63, 3.8) is 0 Å². The summed E-state index contributed by atoms with van der Waals surface area (Å²) >= 11 is 0. The fourth-order valence-electron chi connectivity index (χ4n) is 5.15. The quantitative estimate of drug-likeness (QED) is 0.209. The van der Waals surface area contributed by atoms with Crippen LogP contribution in [0.2, 0.25) is 0 Å². The number of rotatable bonds is 10. The van der Waals surface area contributed by atoms with E-state index < -0.39 is 0 Å². The van der Waals surface area contributed by atoms with Crippen LogP contribution in [-0.2, 0) is 6.42 Å². The molecule has 2 aromatic heterocycles. The molecule has 0 bridgehead atoms. The smallest absolute Gasteiger partial charge is 0.136 e. The number of nitrogen functional groups attached to an aromatic ring is 1. The van der Waals surface area contributed by atoms with Gasteiger partial charge in [0.15, 0.2) is 0 Å². The van der Waals surface area contributed by atoms with Crippen molar-refractivity contribution in [2.75, 3.05) is 44.3 Å². The lowest BCUT2D eigenvalue weighted by Gasteiger charge is -2.35. The molecule has 0 unspecified atom stereocenters. The molecule has 6 nitrogen and oxygen atoms in total. The zero-order valence-corrected chi connectivity index (χ0v) is 23.6. The Morgan fingerprint density at radius 3 is 2.64 bits per heavy atom. The van der Waals surface area contributed by atoms with E-state index in [1.165, 1.54) is 0 Å². The van der Waals surface area contributed by atoms with Gasteiger partial charge >= 0.3 is 0 Å². The number of hydrogen-bond donors (Lipinski definition) is 3. The van der Waals surface area contributed by atoms with Gasteiger partial charge in [0.2, 0.25) is 0 Å². The van der Waals surface area contributed by atoms with E-state index in [2.05, 4.69) is 78.2 Å². The lowest BCUT2D eigenvalue weighted by atomic mass is 9.98. The summed E-state index contributed by atoms with van der Waals surface area (Å²) in [5.74, 6) is 0.157. The Labute approximate surface area is 232 Å². The highest BCUT2D eigenvalue weighted by atomic mass is 19.1. The van der Waals surface area contributed by atoms with Crippen LogP contribution in [0.25, 0.3) is 16.8 Å². The summed E-state index contributed by atoms with van der Waals surface area (Å²) in [5.41, 5.74) is 14.2. The monoisotopic (exact) mass is 528 g/mol. The number of nitrogens with two attached hydrogens (primary N) is 1. The third-order valence-corrected chi connectivity index (χ3v) is 7.14. The molecule has 1 aliphatic heterocycles. The van der Waals surface area contributed by atoms with Gasteiger partial charge < -0.3 is 25.8 Å². The Kier molecular flexibility index (Phi) is 8.92. The Morgan fingerprint density at radius 2 is 1.95 bits per heavy atom. The van der Waals surface area contributed by atoms with Gasteiger partial charge in [0, 0.05) is 89.5 Å². The van der Waals surface area contributed by atoms with Crippen molar-refractivity contribution >= 4 is 17.1 Å². The molecule has 1 aliphatic rings. The Balaban J connectivity index is 1.60. The summed E-state index contributed by atoms with van der Waals surface area (Å²) in [5, 5.41) is 3.30. The Hall–Kier alpha value is -3.84. The van der Waals surface area contributed by atoms with Gasteiger partial charge in [-0.15, -0.1) is 0 Å². The van der Waals surface area contributed by atoms with Crippen LogP contribution < -0.4 is 11.1 Å². The molecule has 206 valence electrons. The molecule has 0 spiro atoms. The fourth-order valence-corrected chi connectivity index (χ4v) is 5.15. The second-order valence-electron chi connectivity index (χ2n) is 10.9. The molecule has 0 saturated carbocycles. The molecule has 3 heterocycles. The molecule has 7 heteroatoms. The largest absolute Gasteiger partial charge is 0.398 e. The maximum absolute atomic E-state index is 16.0. The van der Waals surface area contributed by atoms with Gasteiger partial charge in [-0.3, -0.25) is 4.98 Å². The standard InChI is InChI=1S/C32H41FN6/c1-7-8-31(39-13-11-38(6)12-14-39)28-17-25(37-23(28)5)18-29-30(34)10-9-27(32(29)33)24-16-26(20-35-19-24)36-22(4)15-21(2)3/h7-10,16-17,19-21,36-37H,1,4,11-15,18,34H2,2-3,5-6H3/b31-8+. The number of halogens is 1. The number of pyridine rings is 1. The van der Waals surface area contributed by atoms with E-state index in [9.17, 15) is 0 Å². The predicted octanol–water partition coefficient (Wildman–Crippen LogP) is 6.44. The fraction of sp³-hybridized carbons (Fsp3) is 0.344. The summed E-state index contributed by atoms with van der Waals surface area (Å²) in [6.45, 7) is 18.3. The number of nitrogens with zero attached hydrogens (tertiary/aromatic N) is 3. The molecule has 1 saturated heterocycles. The number of aromatic amines is 1. The van der Waals surface area contributed by atoms with Crippen LogP contribution in [0.5, 0.6) is 0 Å². The van der Waals surface area contributed by atoms with E-state index >= 15 is 4.39 Å². The summed E-state index contributed by atoms with van der Waals surface area (Å²) < 4.78 is 16.0. The zero-order valence-electron chi connectivity index (χ0n) is 23.6. The average Bonchev–Trinajstić information content (AvgIpc) is 3.25.